The van der Waals surface area contributed by atoms with Gasteiger partial charge in [-0.25, -0.2) is 4.79 Å². The number of rotatable bonds is 8. The second kappa shape index (κ2) is 11.0. The van der Waals surface area contributed by atoms with E-state index in [0.717, 1.165) is 68.2 Å². The number of aromatic nitrogens is 3. The van der Waals surface area contributed by atoms with Crippen LogP contribution >= 0.6 is 0 Å². The van der Waals surface area contributed by atoms with Crippen LogP contribution < -0.4 is 4.74 Å². The maximum atomic E-state index is 10.9. The first-order valence-electron chi connectivity index (χ1n) is 12.4. The summed E-state index contributed by atoms with van der Waals surface area (Å²) in [6, 6.07) is 26.1. The number of allylic oxidation sites excluding steroid dienone is 1. The van der Waals surface area contributed by atoms with E-state index in [0.29, 0.717) is 5.75 Å². The Bertz CT molecular complexity index is 1650. The summed E-state index contributed by atoms with van der Waals surface area (Å²) in [5.74, 6) is 0.447. The molecule has 188 valence electrons. The van der Waals surface area contributed by atoms with E-state index in [-0.39, 0.29) is 0 Å². The van der Waals surface area contributed by atoms with Gasteiger partial charge in [-0.2, -0.15) is 5.10 Å². The van der Waals surface area contributed by atoms with Crippen molar-refractivity contribution < 1.29 is 14.6 Å². The number of carbonyl (C=O) groups is 1. The number of pyridine rings is 1. The predicted octanol–water partition coefficient (Wildman–Crippen LogP) is 7.53. The van der Waals surface area contributed by atoms with E-state index < -0.39 is 5.97 Å². The Hall–Kier alpha value is -4.97. The van der Waals surface area contributed by atoms with Crippen LogP contribution in [0.25, 0.3) is 28.1 Å². The second-order valence-electron chi connectivity index (χ2n) is 8.94. The van der Waals surface area contributed by atoms with Crippen molar-refractivity contribution in [1.29, 1.82) is 0 Å². The quantitative estimate of drug-likeness (QED) is 0.169. The number of aromatic amines is 1. The highest BCUT2D eigenvalue weighted by Gasteiger charge is 2.15. The van der Waals surface area contributed by atoms with E-state index in [9.17, 15) is 4.79 Å². The van der Waals surface area contributed by atoms with Crippen molar-refractivity contribution >= 4 is 34.1 Å². The van der Waals surface area contributed by atoms with E-state index in [1.807, 2.05) is 67.7 Å². The summed E-state index contributed by atoms with van der Waals surface area (Å²) < 4.78 is 6.12. The van der Waals surface area contributed by atoms with Gasteiger partial charge >= 0.3 is 5.97 Å². The summed E-state index contributed by atoms with van der Waals surface area (Å²) in [6.45, 7) is 4.09. The fourth-order valence-electron chi connectivity index (χ4n) is 4.46. The number of nitrogens with one attached hydrogen (secondary N) is 1. The van der Waals surface area contributed by atoms with E-state index in [4.69, 9.17) is 9.84 Å². The van der Waals surface area contributed by atoms with Crippen molar-refractivity contribution in [2.75, 3.05) is 0 Å². The Morgan fingerprint density at radius 3 is 2.47 bits per heavy atom. The number of aryl methyl sites for hydroxylation is 1. The Morgan fingerprint density at radius 2 is 1.74 bits per heavy atom. The van der Waals surface area contributed by atoms with Gasteiger partial charge in [-0.05, 0) is 89.2 Å². The average Bonchev–Trinajstić information content (AvgIpc) is 3.40. The van der Waals surface area contributed by atoms with Crippen LogP contribution in [0.5, 0.6) is 11.5 Å². The molecule has 5 rings (SSSR count). The molecule has 0 atom stereocenters. The van der Waals surface area contributed by atoms with Crippen LogP contribution in [-0.2, 0) is 4.79 Å². The molecule has 0 amide bonds. The van der Waals surface area contributed by atoms with Crippen molar-refractivity contribution in [2.24, 2.45) is 0 Å². The van der Waals surface area contributed by atoms with Gasteiger partial charge in [0.15, 0.2) is 0 Å². The zero-order valence-corrected chi connectivity index (χ0v) is 21.2. The lowest BCUT2D eigenvalue weighted by Gasteiger charge is -2.17. The van der Waals surface area contributed by atoms with Gasteiger partial charge in [0.05, 0.1) is 17.9 Å². The number of fused-ring (bicyclic) bond motifs is 1. The molecule has 38 heavy (non-hydrogen) atoms. The van der Waals surface area contributed by atoms with Crippen LogP contribution in [0.4, 0.5) is 0 Å². The Labute approximate surface area is 221 Å². The van der Waals surface area contributed by atoms with Gasteiger partial charge in [0.2, 0.25) is 0 Å². The van der Waals surface area contributed by atoms with Crippen molar-refractivity contribution in [1.82, 2.24) is 15.2 Å². The molecule has 0 unspecified atom stereocenters. The van der Waals surface area contributed by atoms with Gasteiger partial charge in [-0.3, -0.25) is 10.1 Å². The van der Waals surface area contributed by atoms with Gasteiger partial charge in [-0.1, -0.05) is 49.4 Å². The number of nitrogens with zero attached hydrogens (tertiary/aromatic N) is 2. The standard InChI is InChI=1S/C32H27N3O3/c1-3-29(24-5-4-6-27(18-24)38-28-14-7-21(2)33-20-28)32(25-13-15-30-26(17-25)19-34-35-30)23-11-8-22(9-12-23)10-16-31(36)37/h4-20H,3H2,1-2H3,(H,34,35)(H,36,37)/b16-10+,32-29?. The number of carboxylic acids is 1. The van der Waals surface area contributed by atoms with Crippen LogP contribution in [-0.4, -0.2) is 26.3 Å². The zero-order valence-electron chi connectivity index (χ0n) is 21.2. The lowest BCUT2D eigenvalue weighted by atomic mass is 9.87. The molecule has 2 heterocycles. The van der Waals surface area contributed by atoms with E-state index in [1.54, 1.807) is 12.3 Å². The normalized spacial score (nSPS) is 12.1. The summed E-state index contributed by atoms with van der Waals surface area (Å²) >= 11 is 0. The van der Waals surface area contributed by atoms with Gasteiger partial charge < -0.3 is 9.84 Å². The van der Waals surface area contributed by atoms with Crippen molar-refractivity contribution in [2.45, 2.75) is 20.3 Å². The molecule has 5 aromatic rings. The molecule has 0 spiro atoms. The van der Waals surface area contributed by atoms with E-state index in [2.05, 4.69) is 46.4 Å². The first kappa shape index (κ1) is 24.7. The summed E-state index contributed by atoms with van der Waals surface area (Å²) in [5.41, 5.74) is 8.15. The maximum absolute atomic E-state index is 10.9. The van der Waals surface area contributed by atoms with Gasteiger partial charge in [0.1, 0.15) is 11.5 Å². The molecule has 0 aliphatic rings. The van der Waals surface area contributed by atoms with Crippen LogP contribution in [0.15, 0.2) is 97.3 Å². The molecular weight excluding hydrogens is 474 g/mol. The van der Waals surface area contributed by atoms with Gasteiger partial charge in [0.25, 0.3) is 0 Å². The van der Waals surface area contributed by atoms with Crippen molar-refractivity contribution in [3.63, 3.8) is 0 Å². The number of H-pyrrole nitrogens is 1. The molecule has 0 aliphatic carbocycles. The summed E-state index contributed by atoms with van der Waals surface area (Å²) in [7, 11) is 0. The van der Waals surface area contributed by atoms with Crippen LogP contribution in [0.1, 0.15) is 41.3 Å². The fourth-order valence-corrected chi connectivity index (χ4v) is 4.46. The van der Waals surface area contributed by atoms with Crippen molar-refractivity contribution in [3.8, 4) is 11.5 Å². The highest BCUT2D eigenvalue weighted by molar-refractivity contribution is 6.00. The minimum Gasteiger partial charge on any atom is -0.478 e. The fraction of sp³-hybridized carbons (Fsp3) is 0.0938. The smallest absolute Gasteiger partial charge is 0.328 e. The SMILES string of the molecule is CCC(=C(c1ccc(/C=C/C(=O)O)cc1)c1ccc2[nH]ncc2c1)c1cccc(Oc2ccc(C)nc2)c1. The summed E-state index contributed by atoms with van der Waals surface area (Å²) in [4.78, 5) is 15.3. The molecule has 0 saturated heterocycles. The monoisotopic (exact) mass is 501 g/mol. The third-order valence-corrected chi connectivity index (χ3v) is 6.30. The highest BCUT2D eigenvalue weighted by atomic mass is 16.5. The lowest BCUT2D eigenvalue weighted by Crippen LogP contribution is -1.96. The first-order chi connectivity index (χ1) is 18.5. The minimum atomic E-state index is -0.972. The lowest BCUT2D eigenvalue weighted by molar-refractivity contribution is -0.131. The third-order valence-electron chi connectivity index (χ3n) is 6.30. The molecule has 6 nitrogen and oxygen atoms in total. The maximum Gasteiger partial charge on any atom is 0.328 e. The number of benzene rings is 3. The molecule has 0 saturated carbocycles. The third kappa shape index (κ3) is 5.55. The summed E-state index contributed by atoms with van der Waals surface area (Å²) in [6.07, 6.45) is 7.07. The molecular formula is C32H27N3O3. The molecule has 3 aromatic carbocycles. The molecule has 2 aromatic heterocycles. The largest absolute Gasteiger partial charge is 0.478 e. The summed E-state index contributed by atoms with van der Waals surface area (Å²) in [5, 5.41) is 17.2. The Kier molecular flexibility index (Phi) is 7.13. The van der Waals surface area contributed by atoms with Crippen LogP contribution in [0, 0.1) is 6.92 Å². The molecule has 2 N–H and O–H groups in total. The molecule has 6 heteroatoms. The number of aliphatic carboxylic acids is 1. The van der Waals surface area contributed by atoms with E-state index >= 15 is 0 Å². The van der Waals surface area contributed by atoms with Gasteiger partial charge in [-0.15, -0.1) is 0 Å². The van der Waals surface area contributed by atoms with Crippen LogP contribution in [0.2, 0.25) is 0 Å². The Balaban J connectivity index is 1.62. The van der Waals surface area contributed by atoms with Crippen molar-refractivity contribution in [3.05, 3.63) is 125 Å². The number of carboxylic acid groups (broad SMARTS) is 1. The highest BCUT2D eigenvalue weighted by Crippen LogP contribution is 2.37. The number of ether oxygens (including phenoxy) is 1. The van der Waals surface area contributed by atoms with Gasteiger partial charge in [0, 0.05) is 17.2 Å². The zero-order chi connectivity index (χ0) is 26.5. The molecule has 0 radical (unpaired) electrons. The molecule has 0 bridgehead atoms. The number of hydrogen-bond donors (Lipinski definition) is 2. The van der Waals surface area contributed by atoms with Crippen LogP contribution in [0.3, 0.4) is 0 Å². The first-order valence-corrected chi connectivity index (χ1v) is 12.4. The Morgan fingerprint density at radius 1 is 0.921 bits per heavy atom. The topological polar surface area (TPSA) is 88.1 Å². The number of hydrogen-bond acceptors (Lipinski definition) is 4. The average molecular weight is 502 g/mol. The minimum absolute atomic E-state index is 0.686. The molecule has 0 fully saturated rings. The molecule has 0 aliphatic heterocycles. The second-order valence-corrected chi connectivity index (χ2v) is 8.94. The van der Waals surface area contributed by atoms with E-state index in [1.165, 1.54) is 0 Å². The predicted molar refractivity (Wildman–Crippen MR) is 151 cm³/mol.